The van der Waals surface area contributed by atoms with E-state index < -0.39 is 12.2 Å². The lowest BCUT2D eigenvalue weighted by atomic mass is 10.0. The molecule has 17 heavy (non-hydrogen) atoms. The zero-order valence-electron chi connectivity index (χ0n) is 9.74. The molecule has 94 valence electrons. The molecule has 1 aromatic rings. The van der Waals surface area contributed by atoms with Gasteiger partial charge in [-0.25, -0.2) is 0 Å². The van der Waals surface area contributed by atoms with E-state index in [0.717, 1.165) is 0 Å². The van der Waals surface area contributed by atoms with Crippen molar-refractivity contribution in [3.63, 3.8) is 0 Å². The molecule has 0 saturated carbocycles. The molecule has 1 rings (SSSR count). The first-order valence-electron chi connectivity index (χ1n) is 5.47. The van der Waals surface area contributed by atoms with Gasteiger partial charge in [0.2, 0.25) is 0 Å². The number of nitrogens with one attached hydrogen (secondary N) is 1. The number of rotatable bonds is 6. The molecule has 0 spiro atoms. The molecule has 0 aromatic heterocycles. The standard InChI is InChI=1S/C12H18N2O3/c1-13-6-5-11(15)12(16)10-4-2-3-9(7-10)8-14-17/h2-4,7-8,11-13,15-17H,5-6H2,1H3. The lowest BCUT2D eigenvalue weighted by Gasteiger charge is -2.18. The van der Waals surface area contributed by atoms with Crippen LogP contribution in [0, 0.1) is 0 Å². The minimum Gasteiger partial charge on any atom is -0.411 e. The van der Waals surface area contributed by atoms with Gasteiger partial charge in [-0.2, -0.15) is 0 Å². The van der Waals surface area contributed by atoms with Crippen LogP contribution in [0.15, 0.2) is 29.4 Å². The second-order valence-corrected chi connectivity index (χ2v) is 3.82. The normalized spacial score (nSPS) is 15.0. The van der Waals surface area contributed by atoms with Crippen molar-refractivity contribution < 1.29 is 15.4 Å². The lowest BCUT2D eigenvalue weighted by Crippen LogP contribution is -2.23. The highest BCUT2D eigenvalue weighted by Crippen LogP contribution is 2.19. The summed E-state index contributed by atoms with van der Waals surface area (Å²) in [6, 6.07) is 6.88. The Balaban J connectivity index is 2.73. The lowest BCUT2D eigenvalue weighted by molar-refractivity contribution is 0.0140. The van der Waals surface area contributed by atoms with Crippen LogP contribution < -0.4 is 5.32 Å². The van der Waals surface area contributed by atoms with Gasteiger partial charge in [0.05, 0.1) is 12.3 Å². The first-order chi connectivity index (χ1) is 8.19. The minimum absolute atomic E-state index is 0.468. The maximum Gasteiger partial charge on any atom is 0.105 e. The summed E-state index contributed by atoms with van der Waals surface area (Å²) in [6.45, 7) is 0.635. The maximum absolute atomic E-state index is 9.92. The Morgan fingerprint density at radius 2 is 2.18 bits per heavy atom. The van der Waals surface area contributed by atoms with Crippen LogP contribution in [0.5, 0.6) is 0 Å². The molecule has 0 saturated heterocycles. The van der Waals surface area contributed by atoms with Crippen LogP contribution in [0.2, 0.25) is 0 Å². The first-order valence-corrected chi connectivity index (χ1v) is 5.47. The van der Waals surface area contributed by atoms with Crippen molar-refractivity contribution in [2.45, 2.75) is 18.6 Å². The molecule has 0 amide bonds. The van der Waals surface area contributed by atoms with Gasteiger partial charge in [0, 0.05) is 0 Å². The predicted octanol–water partition coefficient (Wildman–Crippen LogP) is 0.498. The summed E-state index contributed by atoms with van der Waals surface area (Å²) in [7, 11) is 1.79. The van der Waals surface area contributed by atoms with E-state index in [1.54, 1.807) is 31.3 Å². The Labute approximate surface area is 100 Å². The van der Waals surface area contributed by atoms with Crippen LogP contribution in [0.1, 0.15) is 23.7 Å². The van der Waals surface area contributed by atoms with Crippen molar-refractivity contribution in [3.05, 3.63) is 35.4 Å². The summed E-state index contributed by atoms with van der Waals surface area (Å²) in [4.78, 5) is 0. The molecule has 0 heterocycles. The quantitative estimate of drug-likeness (QED) is 0.330. The first kappa shape index (κ1) is 13.6. The molecule has 0 fully saturated rings. The maximum atomic E-state index is 9.92. The van der Waals surface area contributed by atoms with Crippen LogP contribution in [0.25, 0.3) is 0 Å². The molecule has 2 unspecified atom stereocenters. The average molecular weight is 238 g/mol. The monoisotopic (exact) mass is 238 g/mol. The summed E-state index contributed by atoms with van der Waals surface area (Å²) in [5.74, 6) is 0. The summed E-state index contributed by atoms with van der Waals surface area (Å²) in [5.41, 5.74) is 1.27. The Morgan fingerprint density at radius 1 is 1.41 bits per heavy atom. The molecular formula is C12H18N2O3. The molecule has 0 aliphatic carbocycles. The van der Waals surface area contributed by atoms with E-state index in [1.165, 1.54) is 6.21 Å². The van der Waals surface area contributed by atoms with E-state index in [2.05, 4.69) is 10.5 Å². The van der Waals surface area contributed by atoms with Crippen LogP contribution in [0.3, 0.4) is 0 Å². The number of aliphatic hydroxyl groups excluding tert-OH is 2. The topological polar surface area (TPSA) is 85.1 Å². The fraction of sp³-hybridized carbons (Fsp3) is 0.417. The third-order valence-electron chi connectivity index (χ3n) is 2.51. The van der Waals surface area contributed by atoms with E-state index in [0.29, 0.717) is 24.1 Å². The fourth-order valence-corrected chi connectivity index (χ4v) is 1.56. The van der Waals surface area contributed by atoms with Gasteiger partial charge in [-0.3, -0.25) is 0 Å². The Kier molecular flexibility index (Phi) is 5.62. The van der Waals surface area contributed by atoms with Crippen molar-refractivity contribution in [2.75, 3.05) is 13.6 Å². The molecule has 0 bridgehead atoms. The summed E-state index contributed by atoms with van der Waals surface area (Å²) < 4.78 is 0. The molecule has 1 aromatic carbocycles. The number of aliphatic hydroxyl groups is 2. The average Bonchev–Trinajstić information content (AvgIpc) is 2.35. The van der Waals surface area contributed by atoms with Crippen molar-refractivity contribution in [2.24, 2.45) is 5.16 Å². The van der Waals surface area contributed by atoms with Gasteiger partial charge in [0.1, 0.15) is 6.10 Å². The highest BCUT2D eigenvalue weighted by Gasteiger charge is 2.17. The molecule has 0 aliphatic rings. The Bertz CT molecular complexity index is 369. The number of hydrogen-bond acceptors (Lipinski definition) is 5. The zero-order chi connectivity index (χ0) is 12.7. The largest absolute Gasteiger partial charge is 0.411 e. The molecule has 0 aliphatic heterocycles. The van der Waals surface area contributed by atoms with Crippen molar-refractivity contribution in [1.29, 1.82) is 0 Å². The van der Waals surface area contributed by atoms with Crippen LogP contribution in [0.4, 0.5) is 0 Å². The van der Waals surface area contributed by atoms with Crippen molar-refractivity contribution in [1.82, 2.24) is 5.32 Å². The van der Waals surface area contributed by atoms with E-state index in [9.17, 15) is 10.2 Å². The molecule has 5 nitrogen and oxygen atoms in total. The van der Waals surface area contributed by atoms with E-state index in [1.807, 2.05) is 0 Å². The summed E-state index contributed by atoms with van der Waals surface area (Å²) in [6.07, 6.45) is -0.00853. The van der Waals surface area contributed by atoms with Gasteiger partial charge in [0.15, 0.2) is 0 Å². The third-order valence-corrected chi connectivity index (χ3v) is 2.51. The molecule has 0 radical (unpaired) electrons. The molecule has 4 N–H and O–H groups in total. The van der Waals surface area contributed by atoms with Gasteiger partial charge in [-0.05, 0) is 37.2 Å². The summed E-state index contributed by atoms with van der Waals surface area (Å²) >= 11 is 0. The third kappa shape index (κ3) is 4.14. The smallest absolute Gasteiger partial charge is 0.105 e. The Hall–Kier alpha value is -1.43. The van der Waals surface area contributed by atoms with E-state index in [4.69, 9.17) is 5.21 Å². The van der Waals surface area contributed by atoms with Gasteiger partial charge in [-0.1, -0.05) is 23.4 Å². The molecule has 2 atom stereocenters. The van der Waals surface area contributed by atoms with Crippen LogP contribution in [-0.2, 0) is 0 Å². The van der Waals surface area contributed by atoms with Gasteiger partial charge >= 0.3 is 0 Å². The predicted molar refractivity (Wildman–Crippen MR) is 65.3 cm³/mol. The van der Waals surface area contributed by atoms with Gasteiger partial charge in [0.25, 0.3) is 0 Å². The number of benzene rings is 1. The molecular weight excluding hydrogens is 220 g/mol. The number of nitrogens with zero attached hydrogens (tertiary/aromatic N) is 1. The second kappa shape index (κ2) is 7.01. The number of hydrogen-bond donors (Lipinski definition) is 4. The van der Waals surface area contributed by atoms with Crippen molar-refractivity contribution >= 4 is 6.21 Å². The van der Waals surface area contributed by atoms with Crippen LogP contribution >= 0.6 is 0 Å². The number of oxime groups is 1. The summed E-state index contributed by atoms with van der Waals surface area (Å²) in [5, 5.41) is 33.9. The van der Waals surface area contributed by atoms with Gasteiger partial charge in [-0.15, -0.1) is 0 Å². The minimum atomic E-state index is -0.935. The molecule has 5 heteroatoms. The Morgan fingerprint density at radius 3 is 2.82 bits per heavy atom. The fourth-order valence-electron chi connectivity index (χ4n) is 1.56. The zero-order valence-corrected chi connectivity index (χ0v) is 9.74. The van der Waals surface area contributed by atoms with E-state index >= 15 is 0 Å². The highest BCUT2D eigenvalue weighted by molar-refractivity contribution is 5.79. The van der Waals surface area contributed by atoms with Crippen molar-refractivity contribution in [3.8, 4) is 0 Å². The highest BCUT2D eigenvalue weighted by atomic mass is 16.4. The SMILES string of the molecule is CNCCC(O)C(O)c1cccc(C=NO)c1. The van der Waals surface area contributed by atoms with Crippen LogP contribution in [-0.4, -0.2) is 41.3 Å². The van der Waals surface area contributed by atoms with Gasteiger partial charge < -0.3 is 20.7 Å². The second-order valence-electron chi connectivity index (χ2n) is 3.82. The van der Waals surface area contributed by atoms with E-state index in [-0.39, 0.29) is 0 Å².